The molecule has 0 radical (unpaired) electrons. The molecule has 4 fully saturated rings. The molecule has 0 aromatic heterocycles. The Morgan fingerprint density at radius 3 is 1.45 bits per heavy atom. The van der Waals surface area contributed by atoms with Crippen molar-refractivity contribution >= 4 is 0 Å². The third-order valence-corrected chi connectivity index (χ3v) is 8.15. The van der Waals surface area contributed by atoms with Gasteiger partial charge in [-0.05, 0) is 6.92 Å². The molecule has 0 spiro atoms. The predicted molar refractivity (Wildman–Crippen MR) is 132 cm³/mol. The Labute approximate surface area is 249 Å². The van der Waals surface area contributed by atoms with Crippen LogP contribution in [0.4, 0.5) is 0 Å². The first kappa shape index (κ1) is 36.0. The number of rotatable bonds is 9. The van der Waals surface area contributed by atoms with Crippen LogP contribution in [0.25, 0.3) is 0 Å². The quantitative estimate of drug-likeness (QED) is 0.110. The summed E-state index contributed by atoms with van der Waals surface area (Å²) in [5.41, 5.74) is 0. The molecule has 4 aliphatic heterocycles. The number of hydrogen-bond donors (Lipinski definition) is 13. The third-order valence-electron chi connectivity index (χ3n) is 8.15. The minimum Gasteiger partial charge on any atom is -0.394 e. The number of hydrogen-bond acceptors (Lipinski definition) is 20. The lowest BCUT2D eigenvalue weighted by Gasteiger charge is -2.48. The maximum atomic E-state index is 11.3. The van der Waals surface area contributed by atoms with Gasteiger partial charge in [0.15, 0.2) is 25.2 Å². The van der Waals surface area contributed by atoms with Gasteiger partial charge in [0.05, 0.1) is 25.9 Å². The van der Waals surface area contributed by atoms with Crippen molar-refractivity contribution in [3.05, 3.63) is 0 Å². The van der Waals surface area contributed by atoms with E-state index in [0.717, 1.165) is 0 Å². The lowest BCUT2D eigenvalue weighted by molar-refractivity contribution is -0.386. The molecular weight excluding hydrogens is 608 g/mol. The van der Waals surface area contributed by atoms with Crippen LogP contribution in [0.1, 0.15) is 6.92 Å². The van der Waals surface area contributed by atoms with Crippen molar-refractivity contribution in [3.8, 4) is 0 Å². The first-order valence-corrected chi connectivity index (χ1v) is 14.0. The standard InChI is InChI=1S/C24H42O20/c1-5-9(27)12(30)16(34)23(39-5)43-19-8(4-38-22-15(33)13(31)10(28)6(2-25)41-22)40-21(37)20(18(19)36)44-24-17(35)14(32)11(29)7(3-26)42-24/h5-37H,2-4H2,1H3/t5-,6+,7+,8+,9-,10+,11+,12+,13-,14-,15+,16+,17+,18-,19+,20+,21+,22+,23-,24-/m0/s1. The molecule has 13 N–H and O–H groups in total. The van der Waals surface area contributed by atoms with E-state index in [2.05, 4.69) is 0 Å². The lowest BCUT2D eigenvalue weighted by atomic mass is 9.96. The molecule has 4 rings (SSSR count). The van der Waals surface area contributed by atoms with Crippen LogP contribution in [0.15, 0.2) is 0 Å². The molecule has 0 aromatic rings. The molecule has 20 heteroatoms. The highest BCUT2D eigenvalue weighted by Gasteiger charge is 2.54. The molecule has 0 saturated carbocycles. The minimum absolute atomic E-state index is 0.697. The molecule has 4 heterocycles. The number of aliphatic hydroxyl groups is 13. The largest absolute Gasteiger partial charge is 0.394 e. The highest BCUT2D eigenvalue weighted by molar-refractivity contribution is 4.96. The fourth-order valence-electron chi connectivity index (χ4n) is 5.37. The molecule has 44 heavy (non-hydrogen) atoms. The van der Waals surface area contributed by atoms with Gasteiger partial charge in [0.25, 0.3) is 0 Å². The Kier molecular flexibility index (Phi) is 12.3. The van der Waals surface area contributed by atoms with Crippen LogP contribution in [-0.4, -0.2) is 209 Å². The average Bonchev–Trinajstić information content (AvgIpc) is 3.00. The summed E-state index contributed by atoms with van der Waals surface area (Å²) >= 11 is 0. The second kappa shape index (κ2) is 15.0. The Hall–Kier alpha value is -0.800. The zero-order chi connectivity index (χ0) is 32.6. The van der Waals surface area contributed by atoms with Crippen LogP contribution >= 0.6 is 0 Å². The Bertz CT molecular complexity index is 896. The fourth-order valence-corrected chi connectivity index (χ4v) is 5.37. The van der Waals surface area contributed by atoms with Crippen LogP contribution < -0.4 is 0 Å². The van der Waals surface area contributed by atoms with Crippen molar-refractivity contribution in [2.24, 2.45) is 0 Å². The van der Waals surface area contributed by atoms with E-state index in [9.17, 15) is 66.4 Å². The predicted octanol–water partition coefficient (Wildman–Crippen LogP) is -8.72. The molecule has 4 saturated heterocycles. The van der Waals surface area contributed by atoms with Crippen LogP contribution in [0.2, 0.25) is 0 Å². The van der Waals surface area contributed by atoms with Crippen LogP contribution in [0, 0.1) is 0 Å². The van der Waals surface area contributed by atoms with Gasteiger partial charge in [0.2, 0.25) is 0 Å². The SMILES string of the molecule is C[C@@H]1O[C@@H](O[C@H]2[C@H](O)[C@@H](O[C@@H]3O[C@H](CO)[C@@H](O)[C@H](O)[C@H]3O)[C@H](O)O[C@@H]2CO[C@@H]2O[C@H](CO)[C@@H](O)[C@H](O)[C@H]2O)[C@H](O)[C@H](O)[C@H]1O. The highest BCUT2D eigenvalue weighted by atomic mass is 16.8. The van der Waals surface area contributed by atoms with Gasteiger partial charge >= 0.3 is 0 Å². The summed E-state index contributed by atoms with van der Waals surface area (Å²) in [4.78, 5) is 0. The molecule has 0 unspecified atom stereocenters. The van der Waals surface area contributed by atoms with Crippen molar-refractivity contribution in [2.75, 3.05) is 19.8 Å². The average molecular weight is 651 g/mol. The van der Waals surface area contributed by atoms with Crippen LogP contribution in [-0.2, 0) is 33.2 Å². The summed E-state index contributed by atoms with van der Waals surface area (Å²) in [6.07, 6.45) is -34.1. The van der Waals surface area contributed by atoms with Crippen molar-refractivity contribution in [2.45, 2.75) is 130 Å². The van der Waals surface area contributed by atoms with Crippen molar-refractivity contribution in [1.82, 2.24) is 0 Å². The maximum absolute atomic E-state index is 11.3. The van der Waals surface area contributed by atoms with E-state index >= 15 is 0 Å². The summed E-state index contributed by atoms with van der Waals surface area (Å²) in [6, 6.07) is 0. The Morgan fingerprint density at radius 2 is 0.909 bits per heavy atom. The minimum atomic E-state index is -2.05. The summed E-state index contributed by atoms with van der Waals surface area (Å²) in [7, 11) is 0. The smallest absolute Gasteiger partial charge is 0.187 e. The second-order valence-electron chi connectivity index (χ2n) is 11.2. The molecule has 0 amide bonds. The van der Waals surface area contributed by atoms with E-state index in [0.29, 0.717) is 0 Å². The van der Waals surface area contributed by atoms with Gasteiger partial charge in [-0.3, -0.25) is 0 Å². The summed E-state index contributed by atoms with van der Waals surface area (Å²) in [5.74, 6) is 0. The maximum Gasteiger partial charge on any atom is 0.187 e. The first-order chi connectivity index (χ1) is 20.7. The third kappa shape index (κ3) is 7.19. The highest BCUT2D eigenvalue weighted by Crippen LogP contribution is 2.33. The van der Waals surface area contributed by atoms with Gasteiger partial charge in [-0.15, -0.1) is 0 Å². The van der Waals surface area contributed by atoms with E-state index < -0.39 is 143 Å². The van der Waals surface area contributed by atoms with Crippen LogP contribution in [0.5, 0.6) is 0 Å². The van der Waals surface area contributed by atoms with Gasteiger partial charge in [0, 0.05) is 0 Å². The number of aliphatic hydroxyl groups excluding tert-OH is 13. The zero-order valence-corrected chi connectivity index (χ0v) is 23.3. The van der Waals surface area contributed by atoms with E-state index in [4.69, 9.17) is 33.2 Å². The van der Waals surface area contributed by atoms with E-state index in [-0.39, 0.29) is 0 Å². The van der Waals surface area contributed by atoms with Gasteiger partial charge in [0.1, 0.15) is 91.6 Å². The van der Waals surface area contributed by atoms with Crippen molar-refractivity contribution < 1.29 is 99.5 Å². The van der Waals surface area contributed by atoms with E-state index in [1.54, 1.807) is 0 Å². The van der Waals surface area contributed by atoms with Crippen molar-refractivity contribution in [3.63, 3.8) is 0 Å². The van der Waals surface area contributed by atoms with Crippen molar-refractivity contribution in [1.29, 1.82) is 0 Å². The summed E-state index contributed by atoms with van der Waals surface area (Å²) in [5, 5.41) is 132. The molecule has 0 bridgehead atoms. The van der Waals surface area contributed by atoms with Gasteiger partial charge in [-0.2, -0.15) is 0 Å². The summed E-state index contributed by atoms with van der Waals surface area (Å²) < 4.78 is 38.2. The molecule has 20 nitrogen and oxygen atoms in total. The van der Waals surface area contributed by atoms with Gasteiger partial charge in [-0.1, -0.05) is 0 Å². The van der Waals surface area contributed by atoms with E-state index in [1.807, 2.05) is 0 Å². The molecular formula is C24H42O20. The molecule has 0 aliphatic carbocycles. The topological polar surface area (TPSA) is 328 Å². The molecule has 4 aliphatic rings. The fraction of sp³-hybridized carbons (Fsp3) is 1.00. The second-order valence-corrected chi connectivity index (χ2v) is 11.2. The van der Waals surface area contributed by atoms with Crippen LogP contribution in [0.3, 0.4) is 0 Å². The monoisotopic (exact) mass is 650 g/mol. The van der Waals surface area contributed by atoms with Gasteiger partial charge < -0.3 is 99.5 Å². The normalized spacial score (nSPS) is 53.9. The molecule has 258 valence electrons. The Morgan fingerprint density at radius 1 is 0.455 bits per heavy atom. The number of ether oxygens (including phenoxy) is 7. The van der Waals surface area contributed by atoms with Gasteiger partial charge in [-0.25, -0.2) is 0 Å². The zero-order valence-electron chi connectivity index (χ0n) is 23.3. The van der Waals surface area contributed by atoms with E-state index in [1.165, 1.54) is 6.92 Å². The first-order valence-electron chi connectivity index (χ1n) is 14.0. The Balaban J connectivity index is 1.54. The molecule has 20 atom stereocenters. The lowest BCUT2D eigenvalue weighted by Crippen LogP contribution is -2.66. The molecule has 0 aromatic carbocycles. The summed E-state index contributed by atoms with van der Waals surface area (Å²) in [6.45, 7) is -0.895.